The largest absolute Gasteiger partial charge is 0.380 e. The van der Waals surface area contributed by atoms with Gasteiger partial charge in [-0.2, -0.15) is 0 Å². The third-order valence-corrected chi connectivity index (χ3v) is 3.94. The van der Waals surface area contributed by atoms with Gasteiger partial charge in [0, 0.05) is 20.2 Å². The highest BCUT2D eigenvalue weighted by Gasteiger charge is 2.27. The zero-order valence-electron chi connectivity index (χ0n) is 12.9. The number of hydrogen-bond donors (Lipinski definition) is 2. The van der Waals surface area contributed by atoms with Crippen LogP contribution in [0.1, 0.15) is 17.5 Å². The second-order valence-corrected chi connectivity index (χ2v) is 5.60. The van der Waals surface area contributed by atoms with Crippen LogP contribution in [0.3, 0.4) is 0 Å². The van der Waals surface area contributed by atoms with Crippen LogP contribution in [0.5, 0.6) is 0 Å². The molecular weight excluding hydrogens is 282 g/mol. The summed E-state index contributed by atoms with van der Waals surface area (Å²) in [5, 5.41) is 2.92. The second-order valence-electron chi connectivity index (χ2n) is 5.60. The molecule has 0 saturated carbocycles. The molecule has 6 nitrogen and oxygen atoms in total. The molecule has 0 spiro atoms. The van der Waals surface area contributed by atoms with Crippen LogP contribution in [0.2, 0.25) is 0 Å². The van der Waals surface area contributed by atoms with Gasteiger partial charge >= 0.3 is 0 Å². The van der Waals surface area contributed by atoms with Crippen molar-refractivity contribution in [2.75, 3.05) is 26.7 Å². The van der Waals surface area contributed by atoms with Gasteiger partial charge in [-0.15, -0.1) is 0 Å². The SMILES string of the molecule is COCc1ccccc1CNC(=O)CN1CCC(C(N)=O)C1. The van der Waals surface area contributed by atoms with Crippen molar-refractivity contribution in [3.63, 3.8) is 0 Å². The molecule has 1 atom stereocenters. The molecule has 2 amide bonds. The van der Waals surface area contributed by atoms with E-state index in [9.17, 15) is 9.59 Å². The van der Waals surface area contributed by atoms with Crippen molar-refractivity contribution in [3.8, 4) is 0 Å². The average molecular weight is 305 g/mol. The molecule has 1 saturated heterocycles. The Bertz CT molecular complexity index is 533. The lowest BCUT2D eigenvalue weighted by molar-refractivity contribution is -0.123. The Morgan fingerprint density at radius 1 is 1.36 bits per heavy atom. The van der Waals surface area contributed by atoms with Gasteiger partial charge in [-0.25, -0.2) is 0 Å². The van der Waals surface area contributed by atoms with E-state index in [1.165, 1.54) is 0 Å². The highest BCUT2D eigenvalue weighted by Crippen LogP contribution is 2.15. The Morgan fingerprint density at radius 2 is 2.09 bits per heavy atom. The van der Waals surface area contributed by atoms with Crippen LogP contribution >= 0.6 is 0 Å². The van der Waals surface area contributed by atoms with Crippen LogP contribution in [0, 0.1) is 5.92 Å². The van der Waals surface area contributed by atoms with E-state index in [4.69, 9.17) is 10.5 Å². The highest BCUT2D eigenvalue weighted by molar-refractivity contribution is 5.79. The minimum atomic E-state index is -0.281. The first-order valence-corrected chi connectivity index (χ1v) is 7.44. The maximum absolute atomic E-state index is 12.0. The van der Waals surface area contributed by atoms with Crippen LogP contribution in [-0.2, 0) is 27.5 Å². The average Bonchev–Trinajstić information content (AvgIpc) is 2.95. The lowest BCUT2D eigenvalue weighted by Crippen LogP contribution is -2.36. The highest BCUT2D eigenvalue weighted by atomic mass is 16.5. The van der Waals surface area contributed by atoms with E-state index in [1.54, 1.807) is 7.11 Å². The predicted molar refractivity (Wildman–Crippen MR) is 82.7 cm³/mol. The fourth-order valence-corrected chi connectivity index (χ4v) is 2.69. The zero-order chi connectivity index (χ0) is 15.9. The van der Waals surface area contributed by atoms with Crippen LogP contribution in [0.25, 0.3) is 0 Å². The quantitative estimate of drug-likeness (QED) is 0.756. The Hall–Kier alpha value is -1.92. The summed E-state index contributed by atoms with van der Waals surface area (Å²) in [4.78, 5) is 25.1. The maximum atomic E-state index is 12.0. The number of hydrogen-bond acceptors (Lipinski definition) is 4. The van der Waals surface area contributed by atoms with Gasteiger partial charge in [0.2, 0.25) is 11.8 Å². The van der Waals surface area contributed by atoms with Gasteiger partial charge in [0.05, 0.1) is 19.1 Å². The van der Waals surface area contributed by atoms with Crippen molar-refractivity contribution in [1.82, 2.24) is 10.2 Å². The minimum absolute atomic E-state index is 0.0441. The molecule has 120 valence electrons. The molecule has 1 aliphatic rings. The number of nitrogens with zero attached hydrogens (tertiary/aromatic N) is 1. The fourth-order valence-electron chi connectivity index (χ4n) is 2.69. The van der Waals surface area contributed by atoms with Gasteiger partial charge in [0.25, 0.3) is 0 Å². The molecule has 1 fully saturated rings. The number of ether oxygens (including phenoxy) is 1. The van der Waals surface area contributed by atoms with Crippen LogP contribution < -0.4 is 11.1 Å². The maximum Gasteiger partial charge on any atom is 0.234 e. The monoisotopic (exact) mass is 305 g/mol. The van der Waals surface area contributed by atoms with E-state index in [1.807, 2.05) is 29.2 Å². The molecule has 6 heteroatoms. The molecule has 1 aliphatic heterocycles. The second kappa shape index (κ2) is 7.91. The number of amides is 2. The first kappa shape index (κ1) is 16.5. The Morgan fingerprint density at radius 3 is 2.73 bits per heavy atom. The van der Waals surface area contributed by atoms with Gasteiger partial charge in [-0.1, -0.05) is 24.3 Å². The van der Waals surface area contributed by atoms with Crippen molar-refractivity contribution in [3.05, 3.63) is 35.4 Å². The third kappa shape index (κ3) is 4.54. The molecule has 0 bridgehead atoms. The molecule has 2 rings (SSSR count). The predicted octanol–water partition coefficient (Wildman–Crippen LogP) is 0.256. The summed E-state index contributed by atoms with van der Waals surface area (Å²) in [6.45, 7) is 2.62. The number of nitrogens with two attached hydrogens (primary N) is 1. The number of primary amides is 1. The third-order valence-electron chi connectivity index (χ3n) is 3.94. The summed E-state index contributed by atoms with van der Waals surface area (Å²) >= 11 is 0. The topological polar surface area (TPSA) is 84.7 Å². The van der Waals surface area contributed by atoms with Crippen LogP contribution in [0.4, 0.5) is 0 Å². The molecule has 1 unspecified atom stereocenters. The number of nitrogens with one attached hydrogen (secondary N) is 1. The van der Waals surface area contributed by atoms with Gasteiger partial charge in [-0.3, -0.25) is 14.5 Å². The molecule has 3 N–H and O–H groups in total. The first-order valence-electron chi connectivity index (χ1n) is 7.44. The lowest BCUT2D eigenvalue weighted by atomic mass is 10.1. The summed E-state index contributed by atoms with van der Waals surface area (Å²) in [7, 11) is 1.65. The first-order chi connectivity index (χ1) is 10.6. The molecule has 0 aromatic heterocycles. The van der Waals surface area contributed by atoms with E-state index in [2.05, 4.69) is 5.32 Å². The minimum Gasteiger partial charge on any atom is -0.380 e. The Labute approximate surface area is 130 Å². The molecule has 1 heterocycles. The number of carbonyl (C=O) groups excluding carboxylic acids is 2. The van der Waals surface area contributed by atoms with E-state index >= 15 is 0 Å². The van der Waals surface area contributed by atoms with E-state index in [-0.39, 0.29) is 17.7 Å². The van der Waals surface area contributed by atoms with Crippen molar-refractivity contribution >= 4 is 11.8 Å². The normalized spacial score (nSPS) is 18.3. The Balaban J connectivity index is 1.80. The molecule has 1 aromatic rings. The van der Waals surface area contributed by atoms with Gasteiger partial charge in [-0.05, 0) is 24.1 Å². The van der Waals surface area contributed by atoms with Crippen LogP contribution in [0.15, 0.2) is 24.3 Å². The zero-order valence-corrected chi connectivity index (χ0v) is 12.9. The fraction of sp³-hybridized carbons (Fsp3) is 0.500. The van der Waals surface area contributed by atoms with Crippen molar-refractivity contribution in [1.29, 1.82) is 0 Å². The van der Waals surface area contributed by atoms with Crippen molar-refractivity contribution < 1.29 is 14.3 Å². The van der Waals surface area contributed by atoms with Crippen molar-refractivity contribution in [2.45, 2.75) is 19.6 Å². The van der Waals surface area contributed by atoms with Gasteiger partial charge in [0.1, 0.15) is 0 Å². The summed E-state index contributed by atoms with van der Waals surface area (Å²) in [5.74, 6) is -0.455. The number of carbonyl (C=O) groups is 2. The molecule has 22 heavy (non-hydrogen) atoms. The molecule has 0 radical (unpaired) electrons. The summed E-state index contributed by atoms with van der Waals surface area (Å²) in [6.07, 6.45) is 0.735. The van der Waals surface area contributed by atoms with Gasteiger partial charge in [0.15, 0.2) is 0 Å². The number of likely N-dealkylation sites (tertiary alicyclic amines) is 1. The number of methoxy groups -OCH3 is 1. The molecular formula is C16H23N3O3. The standard InChI is InChI=1S/C16H23N3O3/c1-22-11-14-5-3-2-4-12(14)8-18-15(20)10-19-7-6-13(9-19)16(17)21/h2-5,13H,6-11H2,1H3,(H2,17,21)(H,18,20). The summed E-state index contributed by atoms with van der Waals surface area (Å²) < 4.78 is 5.15. The van der Waals surface area contributed by atoms with E-state index < -0.39 is 0 Å². The molecule has 0 aliphatic carbocycles. The van der Waals surface area contributed by atoms with Crippen LogP contribution in [-0.4, -0.2) is 43.5 Å². The molecule has 1 aromatic carbocycles. The van der Waals surface area contributed by atoms with E-state index in [0.717, 1.165) is 24.1 Å². The Kier molecular flexibility index (Phi) is 5.91. The van der Waals surface area contributed by atoms with E-state index in [0.29, 0.717) is 26.2 Å². The smallest absolute Gasteiger partial charge is 0.234 e. The summed E-state index contributed by atoms with van der Waals surface area (Å²) in [5.41, 5.74) is 7.41. The van der Waals surface area contributed by atoms with Gasteiger partial charge < -0.3 is 15.8 Å². The number of rotatable bonds is 7. The van der Waals surface area contributed by atoms with Crippen molar-refractivity contribution in [2.24, 2.45) is 11.7 Å². The lowest BCUT2D eigenvalue weighted by Gasteiger charge is -2.15. The number of benzene rings is 1. The summed E-state index contributed by atoms with van der Waals surface area (Å²) in [6, 6.07) is 7.86.